The summed E-state index contributed by atoms with van der Waals surface area (Å²) >= 11 is 0. The Kier molecular flexibility index (Phi) is 6.81. The highest BCUT2D eigenvalue weighted by atomic mass is 16.6. The van der Waals surface area contributed by atoms with E-state index in [0.29, 0.717) is 5.75 Å². The number of carbonyl (C=O) groups is 2. The van der Waals surface area contributed by atoms with Crippen molar-refractivity contribution >= 4 is 11.9 Å². The SMILES string of the molecule is CC(C)(C)C(=O)OC[C@H](COc1c[c]ccc1)OC(=O)C(C)(C)C. The van der Waals surface area contributed by atoms with Crippen molar-refractivity contribution in [2.45, 2.75) is 47.6 Å². The molecule has 0 bridgehead atoms. The first kappa shape index (κ1) is 20.0. The Morgan fingerprint density at radius 3 is 2.17 bits per heavy atom. The monoisotopic (exact) mass is 335 g/mol. The van der Waals surface area contributed by atoms with Crippen LogP contribution in [0.2, 0.25) is 0 Å². The van der Waals surface area contributed by atoms with Crippen LogP contribution in [0, 0.1) is 16.9 Å². The van der Waals surface area contributed by atoms with Crippen molar-refractivity contribution in [3.05, 3.63) is 30.3 Å². The van der Waals surface area contributed by atoms with Crippen LogP contribution in [0.4, 0.5) is 0 Å². The van der Waals surface area contributed by atoms with E-state index in [2.05, 4.69) is 6.07 Å². The van der Waals surface area contributed by atoms with Gasteiger partial charge in [-0.1, -0.05) is 12.1 Å². The van der Waals surface area contributed by atoms with Gasteiger partial charge in [0, 0.05) is 0 Å². The summed E-state index contributed by atoms with van der Waals surface area (Å²) in [5, 5.41) is 0. The van der Waals surface area contributed by atoms with Crippen molar-refractivity contribution in [2.24, 2.45) is 10.8 Å². The topological polar surface area (TPSA) is 61.8 Å². The number of rotatable bonds is 6. The second-order valence-electron chi connectivity index (χ2n) is 7.68. The van der Waals surface area contributed by atoms with Crippen molar-refractivity contribution in [3.63, 3.8) is 0 Å². The van der Waals surface area contributed by atoms with Gasteiger partial charge in [0.2, 0.25) is 0 Å². The summed E-state index contributed by atoms with van der Waals surface area (Å²) < 4.78 is 16.3. The lowest BCUT2D eigenvalue weighted by atomic mass is 9.97. The van der Waals surface area contributed by atoms with Crippen molar-refractivity contribution in [3.8, 4) is 5.75 Å². The van der Waals surface area contributed by atoms with Gasteiger partial charge in [-0.3, -0.25) is 9.59 Å². The molecule has 1 aromatic carbocycles. The summed E-state index contributed by atoms with van der Waals surface area (Å²) in [6, 6.07) is 9.92. The van der Waals surface area contributed by atoms with Crippen LogP contribution in [0.5, 0.6) is 5.75 Å². The molecule has 1 radical (unpaired) electrons. The van der Waals surface area contributed by atoms with Gasteiger partial charge in [0.1, 0.15) is 19.0 Å². The molecule has 0 saturated carbocycles. The number of carbonyl (C=O) groups excluding carboxylic acids is 2. The quantitative estimate of drug-likeness (QED) is 0.746. The Morgan fingerprint density at radius 2 is 1.67 bits per heavy atom. The van der Waals surface area contributed by atoms with Crippen LogP contribution in [0.1, 0.15) is 41.5 Å². The fraction of sp³-hybridized carbons (Fsp3) is 0.579. The predicted octanol–water partition coefficient (Wildman–Crippen LogP) is 3.41. The van der Waals surface area contributed by atoms with Crippen LogP contribution >= 0.6 is 0 Å². The average Bonchev–Trinajstić information content (AvgIpc) is 2.48. The zero-order valence-corrected chi connectivity index (χ0v) is 15.3. The molecule has 1 rings (SSSR count). The van der Waals surface area contributed by atoms with Crippen molar-refractivity contribution in [1.29, 1.82) is 0 Å². The Morgan fingerprint density at radius 1 is 1.04 bits per heavy atom. The molecule has 0 saturated heterocycles. The maximum absolute atomic E-state index is 12.1. The molecule has 0 aliphatic carbocycles. The van der Waals surface area contributed by atoms with Gasteiger partial charge in [0.05, 0.1) is 10.8 Å². The van der Waals surface area contributed by atoms with Crippen molar-refractivity contribution < 1.29 is 23.8 Å². The van der Waals surface area contributed by atoms with Gasteiger partial charge >= 0.3 is 11.9 Å². The Labute approximate surface area is 144 Å². The highest BCUT2D eigenvalue weighted by Gasteiger charge is 2.29. The first-order chi connectivity index (χ1) is 11.0. The maximum Gasteiger partial charge on any atom is 0.311 e. The smallest absolute Gasteiger partial charge is 0.311 e. The summed E-state index contributed by atoms with van der Waals surface area (Å²) in [6.45, 7) is 10.6. The minimum Gasteiger partial charge on any atom is -0.490 e. The van der Waals surface area contributed by atoms with Crippen LogP contribution in [0.15, 0.2) is 24.3 Å². The van der Waals surface area contributed by atoms with Gasteiger partial charge in [-0.25, -0.2) is 0 Å². The zero-order chi connectivity index (χ0) is 18.4. The lowest BCUT2D eigenvalue weighted by Crippen LogP contribution is -2.36. The highest BCUT2D eigenvalue weighted by molar-refractivity contribution is 5.76. The van der Waals surface area contributed by atoms with Crippen LogP contribution in [0.3, 0.4) is 0 Å². The van der Waals surface area contributed by atoms with E-state index in [1.807, 2.05) is 0 Å². The van der Waals surface area contributed by atoms with Crippen LogP contribution < -0.4 is 4.74 Å². The first-order valence-corrected chi connectivity index (χ1v) is 7.97. The van der Waals surface area contributed by atoms with E-state index in [0.717, 1.165) is 0 Å². The molecule has 0 fully saturated rings. The largest absolute Gasteiger partial charge is 0.490 e. The molecule has 5 nitrogen and oxygen atoms in total. The minimum absolute atomic E-state index is 0.0472. The van der Waals surface area contributed by atoms with E-state index >= 15 is 0 Å². The van der Waals surface area contributed by atoms with Crippen LogP contribution in [-0.2, 0) is 19.1 Å². The third kappa shape index (κ3) is 7.02. The molecular formula is C19H27O5. The number of benzene rings is 1. The normalized spacial score (nSPS) is 13.1. The molecule has 5 heteroatoms. The fourth-order valence-corrected chi connectivity index (χ4v) is 1.49. The molecule has 1 atom stereocenters. The summed E-state index contributed by atoms with van der Waals surface area (Å²) in [5.41, 5.74) is -1.26. The van der Waals surface area contributed by atoms with Crippen molar-refractivity contribution in [1.82, 2.24) is 0 Å². The minimum atomic E-state index is -0.678. The van der Waals surface area contributed by atoms with E-state index in [9.17, 15) is 9.59 Å². The first-order valence-electron chi connectivity index (χ1n) is 7.97. The van der Waals surface area contributed by atoms with Gasteiger partial charge in [0.25, 0.3) is 0 Å². The third-order valence-electron chi connectivity index (χ3n) is 3.01. The molecule has 0 N–H and O–H groups in total. The Bertz CT molecular complexity index is 537. The van der Waals surface area contributed by atoms with Gasteiger partial charge in [-0.05, 0) is 59.7 Å². The maximum atomic E-state index is 12.1. The lowest BCUT2D eigenvalue weighted by molar-refractivity contribution is -0.170. The number of hydrogen-bond acceptors (Lipinski definition) is 5. The molecule has 0 spiro atoms. The molecule has 0 aromatic heterocycles. The lowest BCUT2D eigenvalue weighted by Gasteiger charge is -2.25. The Balaban J connectivity index is 2.68. The number of hydrogen-bond donors (Lipinski definition) is 0. The second-order valence-corrected chi connectivity index (χ2v) is 7.68. The van der Waals surface area contributed by atoms with Gasteiger partial charge in [0.15, 0.2) is 6.10 Å². The van der Waals surface area contributed by atoms with E-state index in [-0.39, 0.29) is 25.2 Å². The van der Waals surface area contributed by atoms with Crippen molar-refractivity contribution in [2.75, 3.05) is 13.2 Å². The molecular weight excluding hydrogens is 308 g/mol. The summed E-state index contributed by atoms with van der Waals surface area (Å²) in [6.07, 6.45) is -0.678. The third-order valence-corrected chi connectivity index (χ3v) is 3.01. The van der Waals surface area contributed by atoms with E-state index in [1.165, 1.54) is 0 Å². The standard InChI is InChI=1S/C19H27O5/c1-18(2,3)16(20)23-13-15(24-17(21)19(4,5)6)12-22-14-10-8-7-9-11-14/h7-8,10-11,15H,12-13H2,1-6H3/t15-/m0/s1. The molecule has 0 amide bonds. The van der Waals surface area contributed by atoms with Gasteiger partial charge < -0.3 is 14.2 Å². The molecule has 0 heterocycles. The Hall–Kier alpha value is -2.04. The second kappa shape index (κ2) is 8.18. The molecule has 0 aliphatic rings. The average molecular weight is 335 g/mol. The molecule has 0 aliphatic heterocycles. The van der Waals surface area contributed by atoms with Crippen LogP contribution in [0.25, 0.3) is 0 Å². The molecule has 1 aromatic rings. The molecule has 0 unspecified atom stereocenters. The summed E-state index contributed by atoms with van der Waals surface area (Å²) in [7, 11) is 0. The van der Waals surface area contributed by atoms with Crippen LogP contribution in [-0.4, -0.2) is 31.3 Å². The fourth-order valence-electron chi connectivity index (χ4n) is 1.49. The number of esters is 2. The van der Waals surface area contributed by atoms with Gasteiger partial charge in [-0.15, -0.1) is 0 Å². The highest BCUT2D eigenvalue weighted by Crippen LogP contribution is 2.19. The summed E-state index contributed by atoms with van der Waals surface area (Å²) in [5.74, 6) is -0.119. The summed E-state index contributed by atoms with van der Waals surface area (Å²) in [4.78, 5) is 24.0. The van der Waals surface area contributed by atoms with E-state index in [4.69, 9.17) is 14.2 Å². The number of ether oxygens (including phenoxy) is 3. The van der Waals surface area contributed by atoms with Gasteiger partial charge in [-0.2, -0.15) is 0 Å². The molecule has 133 valence electrons. The zero-order valence-electron chi connectivity index (χ0n) is 15.3. The predicted molar refractivity (Wildman–Crippen MR) is 90.5 cm³/mol. The molecule has 24 heavy (non-hydrogen) atoms. The van der Waals surface area contributed by atoms with E-state index in [1.54, 1.807) is 65.8 Å². The van der Waals surface area contributed by atoms with E-state index < -0.39 is 16.9 Å².